The lowest BCUT2D eigenvalue weighted by atomic mass is 9.93. The third-order valence-electron chi connectivity index (χ3n) is 6.46. The highest BCUT2D eigenvalue weighted by Gasteiger charge is 2.31. The Balaban J connectivity index is 1.57. The molecule has 6 nitrogen and oxygen atoms in total. The zero-order chi connectivity index (χ0) is 22.3. The van der Waals surface area contributed by atoms with Crippen molar-refractivity contribution in [1.29, 1.82) is 0 Å². The van der Waals surface area contributed by atoms with E-state index in [9.17, 15) is 9.59 Å². The molecular formula is C25H42N4O2+2. The Morgan fingerprint density at radius 1 is 0.903 bits per heavy atom. The molecule has 0 spiro atoms. The summed E-state index contributed by atoms with van der Waals surface area (Å²) < 4.78 is 0. The number of anilines is 1. The molecule has 1 saturated heterocycles. The van der Waals surface area contributed by atoms with Gasteiger partial charge in [0.1, 0.15) is 13.1 Å². The lowest BCUT2D eigenvalue weighted by molar-refractivity contribution is -0.930. The first-order valence-electron chi connectivity index (χ1n) is 12.2. The van der Waals surface area contributed by atoms with Gasteiger partial charge in [-0.05, 0) is 45.7 Å². The van der Waals surface area contributed by atoms with Gasteiger partial charge in [0.15, 0.2) is 13.1 Å². The van der Waals surface area contributed by atoms with E-state index in [1.807, 2.05) is 39.0 Å². The fourth-order valence-corrected chi connectivity index (χ4v) is 5.02. The van der Waals surface area contributed by atoms with E-state index < -0.39 is 0 Å². The number of nitrogens with one attached hydrogen (secondary N) is 3. The third kappa shape index (κ3) is 7.62. The first kappa shape index (κ1) is 23.7. The molecule has 1 saturated carbocycles. The number of rotatable bonds is 6. The van der Waals surface area contributed by atoms with Gasteiger partial charge >= 0.3 is 0 Å². The number of carbonyl (C=O) groups is 2. The molecule has 0 radical (unpaired) electrons. The first-order chi connectivity index (χ1) is 14.8. The number of benzene rings is 1. The molecule has 3 rings (SSSR count). The van der Waals surface area contributed by atoms with E-state index in [1.54, 1.807) is 0 Å². The molecule has 3 N–H and O–H groups in total. The second-order valence-electron chi connectivity index (χ2n) is 10.4. The number of hydrogen-bond acceptors (Lipinski definition) is 2. The Bertz CT molecular complexity index is 710. The summed E-state index contributed by atoms with van der Waals surface area (Å²) in [7, 11) is 0. The van der Waals surface area contributed by atoms with E-state index in [1.165, 1.54) is 29.1 Å². The number of carbonyl (C=O) groups excluding carboxylic acids is 2. The van der Waals surface area contributed by atoms with Gasteiger partial charge in [0.25, 0.3) is 11.8 Å². The van der Waals surface area contributed by atoms with Crippen LogP contribution in [0.15, 0.2) is 30.3 Å². The van der Waals surface area contributed by atoms with Crippen LogP contribution in [0.4, 0.5) is 5.69 Å². The molecule has 2 amide bonds. The molecule has 1 aromatic rings. The maximum atomic E-state index is 13.5. The van der Waals surface area contributed by atoms with Crippen LogP contribution in [-0.4, -0.2) is 62.7 Å². The van der Waals surface area contributed by atoms with Crippen molar-refractivity contribution in [3.8, 4) is 0 Å². The van der Waals surface area contributed by atoms with E-state index in [2.05, 4.69) is 22.3 Å². The average Bonchev–Trinajstić information content (AvgIpc) is 2.93. The van der Waals surface area contributed by atoms with E-state index in [-0.39, 0.29) is 17.4 Å². The van der Waals surface area contributed by atoms with Gasteiger partial charge in [-0.25, -0.2) is 0 Å². The highest BCUT2D eigenvalue weighted by molar-refractivity contribution is 5.94. The Kier molecular flexibility index (Phi) is 8.50. The summed E-state index contributed by atoms with van der Waals surface area (Å²) in [6.07, 6.45) is 6.98. The summed E-state index contributed by atoms with van der Waals surface area (Å²) in [5.74, 6) is 0.372. The van der Waals surface area contributed by atoms with Gasteiger partial charge in [0, 0.05) is 23.7 Å². The monoisotopic (exact) mass is 430 g/mol. The van der Waals surface area contributed by atoms with Crippen LogP contribution in [0.2, 0.25) is 0 Å². The maximum absolute atomic E-state index is 13.5. The molecule has 1 aromatic carbocycles. The molecule has 6 heteroatoms. The van der Waals surface area contributed by atoms with Gasteiger partial charge < -0.3 is 20.0 Å². The molecule has 2 unspecified atom stereocenters. The van der Waals surface area contributed by atoms with E-state index in [0.717, 1.165) is 51.1 Å². The van der Waals surface area contributed by atoms with Crippen LogP contribution in [0.5, 0.6) is 0 Å². The van der Waals surface area contributed by atoms with Crippen molar-refractivity contribution < 1.29 is 19.4 Å². The molecule has 2 aliphatic rings. The van der Waals surface area contributed by atoms with Crippen LogP contribution in [0, 0.1) is 0 Å². The van der Waals surface area contributed by atoms with Gasteiger partial charge in [0.2, 0.25) is 0 Å². The molecule has 31 heavy (non-hydrogen) atoms. The standard InChI is InChI=1S/C25H40N4O2/c1-25(2,3)26-23(30)19-27-15-10-16-28(18-17-27)20-24(31)29(21-11-6-4-7-12-21)22-13-8-5-9-14-22/h4,6-7,11-12,22H,5,8-10,13-20H2,1-3H3,(H,26,30)/p+2. The zero-order valence-corrected chi connectivity index (χ0v) is 19.7. The number of hydrogen-bond donors (Lipinski definition) is 3. The minimum Gasteiger partial charge on any atom is -0.347 e. The van der Waals surface area contributed by atoms with Crippen molar-refractivity contribution in [2.24, 2.45) is 0 Å². The van der Waals surface area contributed by atoms with Gasteiger partial charge in [-0.15, -0.1) is 0 Å². The number of para-hydroxylation sites is 1. The van der Waals surface area contributed by atoms with Crippen molar-refractivity contribution in [1.82, 2.24) is 5.32 Å². The summed E-state index contributed by atoms with van der Waals surface area (Å²) in [6, 6.07) is 10.6. The van der Waals surface area contributed by atoms with Gasteiger partial charge in [0.05, 0.1) is 13.1 Å². The molecular weight excluding hydrogens is 388 g/mol. The molecule has 0 aromatic heterocycles. The molecule has 2 atom stereocenters. The van der Waals surface area contributed by atoms with Crippen molar-refractivity contribution in [3.05, 3.63) is 30.3 Å². The van der Waals surface area contributed by atoms with Crippen molar-refractivity contribution in [2.75, 3.05) is 44.2 Å². The number of amides is 2. The molecule has 1 heterocycles. The highest BCUT2D eigenvalue weighted by Crippen LogP contribution is 2.27. The van der Waals surface area contributed by atoms with Crippen molar-refractivity contribution in [2.45, 2.75) is 70.9 Å². The van der Waals surface area contributed by atoms with Gasteiger partial charge in [-0.2, -0.15) is 0 Å². The summed E-state index contributed by atoms with van der Waals surface area (Å²) in [4.78, 5) is 30.6. The third-order valence-corrected chi connectivity index (χ3v) is 6.46. The van der Waals surface area contributed by atoms with Crippen LogP contribution < -0.4 is 20.0 Å². The second-order valence-corrected chi connectivity index (χ2v) is 10.4. The maximum Gasteiger partial charge on any atom is 0.282 e. The van der Waals surface area contributed by atoms with E-state index >= 15 is 0 Å². The Hall–Kier alpha value is -1.92. The lowest BCUT2D eigenvalue weighted by Gasteiger charge is -2.35. The predicted molar refractivity (Wildman–Crippen MR) is 124 cm³/mol. The fraction of sp³-hybridized carbons (Fsp3) is 0.680. The SMILES string of the molecule is CC(C)(C)NC(=O)C[NH+]1CCC[NH+](CC(=O)N(c2ccccc2)C2CCCCC2)CC1. The van der Waals surface area contributed by atoms with Crippen molar-refractivity contribution >= 4 is 17.5 Å². The smallest absolute Gasteiger partial charge is 0.282 e. The van der Waals surface area contributed by atoms with Crippen LogP contribution in [0.25, 0.3) is 0 Å². The summed E-state index contributed by atoms with van der Waals surface area (Å²) in [5.41, 5.74) is 0.853. The number of nitrogens with zero attached hydrogens (tertiary/aromatic N) is 1. The molecule has 172 valence electrons. The predicted octanol–water partition coefficient (Wildman–Crippen LogP) is 0.441. The molecule has 0 bridgehead atoms. The van der Waals surface area contributed by atoms with E-state index in [4.69, 9.17) is 0 Å². The van der Waals surface area contributed by atoms with Crippen molar-refractivity contribution in [3.63, 3.8) is 0 Å². The van der Waals surface area contributed by atoms with Crippen LogP contribution in [0.1, 0.15) is 59.3 Å². The minimum absolute atomic E-state index is 0.120. The number of quaternary nitrogens is 2. The average molecular weight is 431 g/mol. The molecule has 1 aliphatic heterocycles. The first-order valence-corrected chi connectivity index (χ1v) is 12.2. The van der Waals surface area contributed by atoms with Gasteiger partial charge in [-0.1, -0.05) is 37.5 Å². The summed E-state index contributed by atoms with van der Waals surface area (Å²) in [6.45, 7) is 11.0. The van der Waals surface area contributed by atoms with Gasteiger partial charge in [-0.3, -0.25) is 9.59 Å². The topological polar surface area (TPSA) is 58.3 Å². The molecule has 1 aliphatic carbocycles. The van der Waals surface area contributed by atoms with Crippen LogP contribution in [-0.2, 0) is 9.59 Å². The fourth-order valence-electron chi connectivity index (χ4n) is 5.02. The Morgan fingerprint density at radius 3 is 2.13 bits per heavy atom. The lowest BCUT2D eigenvalue weighted by Crippen LogP contribution is -3.18. The minimum atomic E-state index is -0.188. The molecule has 2 fully saturated rings. The Morgan fingerprint density at radius 2 is 1.52 bits per heavy atom. The largest absolute Gasteiger partial charge is 0.347 e. The Labute approximate surface area is 188 Å². The zero-order valence-electron chi connectivity index (χ0n) is 19.7. The van der Waals surface area contributed by atoms with Crippen LogP contribution >= 0.6 is 0 Å². The normalized spacial score (nSPS) is 23.1. The van der Waals surface area contributed by atoms with Crippen LogP contribution in [0.3, 0.4) is 0 Å². The quantitative estimate of drug-likeness (QED) is 0.614. The second kappa shape index (κ2) is 11.1. The summed E-state index contributed by atoms with van der Waals surface area (Å²) >= 11 is 0. The van der Waals surface area contributed by atoms with E-state index in [0.29, 0.717) is 19.1 Å². The highest BCUT2D eigenvalue weighted by atomic mass is 16.2. The summed E-state index contributed by atoms with van der Waals surface area (Å²) in [5, 5.41) is 3.07.